The molecule has 1 heterocycles. The topological polar surface area (TPSA) is 51.8 Å². The molecule has 2 N–H and O–H groups in total. The summed E-state index contributed by atoms with van der Waals surface area (Å²) in [6, 6.07) is 13.7. The van der Waals surface area contributed by atoms with Gasteiger partial charge in [0.25, 0.3) is 0 Å². The van der Waals surface area contributed by atoms with Gasteiger partial charge in [0.15, 0.2) is 16.6 Å². The summed E-state index contributed by atoms with van der Waals surface area (Å²) in [6.45, 7) is 5.73. The molecule has 25 heavy (non-hydrogen) atoms. The first-order valence-electron chi connectivity index (χ1n) is 8.27. The molecule has 0 unspecified atom stereocenters. The van der Waals surface area contributed by atoms with Crippen LogP contribution in [0.3, 0.4) is 0 Å². The van der Waals surface area contributed by atoms with Crippen LogP contribution in [0.25, 0.3) is 0 Å². The number of ether oxygens (including phenoxy) is 3. The minimum Gasteiger partial charge on any atom is -0.491 e. The van der Waals surface area contributed by atoms with E-state index in [9.17, 15) is 0 Å². The van der Waals surface area contributed by atoms with Gasteiger partial charge in [0.1, 0.15) is 25.6 Å². The first-order chi connectivity index (χ1) is 12.1. The van der Waals surface area contributed by atoms with Gasteiger partial charge in [-0.15, -0.1) is 0 Å². The van der Waals surface area contributed by atoms with Crippen molar-refractivity contribution in [2.45, 2.75) is 19.9 Å². The standard InChI is InChI=1S/C19H22N2O3S/c1-13-3-6-16(7-4-13)24-12-14(2)20-19(25)21-15-5-8-17-18(11-15)23-10-9-22-17/h3-8,11,14H,9-10,12H2,1-2H3,(H2,20,21,25)/t14-/m1/s1. The van der Waals surface area contributed by atoms with E-state index in [-0.39, 0.29) is 6.04 Å². The summed E-state index contributed by atoms with van der Waals surface area (Å²) in [7, 11) is 0. The predicted octanol–water partition coefficient (Wildman–Crippen LogP) is 3.52. The average Bonchev–Trinajstić information content (AvgIpc) is 2.61. The summed E-state index contributed by atoms with van der Waals surface area (Å²) in [5, 5.41) is 6.91. The fourth-order valence-electron chi connectivity index (χ4n) is 2.41. The predicted molar refractivity (Wildman–Crippen MR) is 103 cm³/mol. The molecule has 0 bridgehead atoms. The Bertz CT molecular complexity index is 734. The van der Waals surface area contributed by atoms with Crippen molar-refractivity contribution in [3.8, 4) is 17.2 Å². The molecule has 0 aromatic heterocycles. The van der Waals surface area contributed by atoms with Crippen LogP contribution in [-0.4, -0.2) is 31.0 Å². The second kappa shape index (κ2) is 8.07. The SMILES string of the molecule is Cc1ccc(OC[C@@H](C)NC(=S)Nc2ccc3c(c2)OCCO3)cc1. The highest BCUT2D eigenvalue weighted by Gasteiger charge is 2.12. The van der Waals surface area contributed by atoms with E-state index in [0.717, 1.165) is 22.9 Å². The number of aryl methyl sites for hydroxylation is 1. The van der Waals surface area contributed by atoms with Gasteiger partial charge >= 0.3 is 0 Å². The van der Waals surface area contributed by atoms with Crippen molar-refractivity contribution in [1.82, 2.24) is 5.32 Å². The minimum absolute atomic E-state index is 0.0681. The van der Waals surface area contributed by atoms with Crippen LogP contribution >= 0.6 is 12.2 Å². The van der Waals surface area contributed by atoms with Crippen molar-refractivity contribution in [2.24, 2.45) is 0 Å². The average molecular weight is 358 g/mol. The molecule has 2 aromatic rings. The van der Waals surface area contributed by atoms with Crippen LogP contribution in [-0.2, 0) is 0 Å². The molecule has 1 aliphatic heterocycles. The van der Waals surface area contributed by atoms with E-state index < -0.39 is 0 Å². The van der Waals surface area contributed by atoms with Gasteiger partial charge in [-0.25, -0.2) is 0 Å². The molecule has 0 radical (unpaired) electrons. The fourth-order valence-corrected chi connectivity index (χ4v) is 2.73. The molecule has 5 nitrogen and oxygen atoms in total. The van der Waals surface area contributed by atoms with Crippen LogP contribution in [0.2, 0.25) is 0 Å². The Labute approximate surface area is 153 Å². The quantitative estimate of drug-likeness (QED) is 0.798. The largest absolute Gasteiger partial charge is 0.491 e. The molecule has 132 valence electrons. The summed E-state index contributed by atoms with van der Waals surface area (Å²) in [5.41, 5.74) is 2.07. The highest BCUT2D eigenvalue weighted by molar-refractivity contribution is 7.80. The highest BCUT2D eigenvalue weighted by Crippen LogP contribution is 2.32. The number of benzene rings is 2. The molecule has 0 saturated carbocycles. The molecular weight excluding hydrogens is 336 g/mol. The molecule has 0 saturated heterocycles. The Hall–Kier alpha value is -2.47. The third-order valence-electron chi connectivity index (χ3n) is 3.70. The van der Waals surface area contributed by atoms with Crippen molar-refractivity contribution >= 4 is 23.0 Å². The zero-order valence-corrected chi connectivity index (χ0v) is 15.2. The van der Waals surface area contributed by atoms with Crippen LogP contribution in [0.15, 0.2) is 42.5 Å². The Morgan fingerprint density at radius 2 is 1.84 bits per heavy atom. The number of hydrogen-bond acceptors (Lipinski definition) is 4. The van der Waals surface area contributed by atoms with Crippen LogP contribution < -0.4 is 24.8 Å². The molecule has 0 spiro atoms. The Morgan fingerprint density at radius 1 is 1.12 bits per heavy atom. The number of thiocarbonyl (C=S) groups is 1. The lowest BCUT2D eigenvalue weighted by atomic mass is 10.2. The fraction of sp³-hybridized carbons (Fsp3) is 0.316. The van der Waals surface area contributed by atoms with E-state index in [2.05, 4.69) is 17.6 Å². The third-order valence-corrected chi connectivity index (χ3v) is 3.92. The maximum atomic E-state index is 5.76. The third kappa shape index (κ3) is 5.00. The van der Waals surface area contributed by atoms with Gasteiger partial charge in [-0.3, -0.25) is 0 Å². The molecule has 3 rings (SSSR count). The summed E-state index contributed by atoms with van der Waals surface area (Å²) >= 11 is 5.37. The van der Waals surface area contributed by atoms with E-state index in [1.807, 2.05) is 49.4 Å². The number of nitrogens with one attached hydrogen (secondary N) is 2. The maximum absolute atomic E-state index is 5.76. The van der Waals surface area contributed by atoms with Crippen molar-refractivity contribution in [1.29, 1.82) is 0 Å². The minimum atomic E-state index is 0.0681. The van der Waals surface area contributed by atoms with Crippen molar-refractivity contribution in [3.63, 3.8) is 0 Å². The molecule has 0 amide bonds. The van der Waals surface area contributed by atoms with E-state index in [4.69, 9.17) is 26.4 Å². The maximum Gasteiger partial charge on any atom is 0.171 e. The van der Waals surface area contributed by atoms with Gasteiger partial charge in [0.2, 0.25) is 0 Å². The van der Waals surface area contributed by atoms with Crippen LogP contribution in [0.1, 0.15) is 12.5 Å². The molecule has 6 heteroatoms. The smallest absolute Gasteiger partial charge is 0.171 e. The van der Waals surface area contributed by atoms with Gasteiger partial charge in [0.05, 0.1) is 6.04 Å². The summed E-state index contributed by atoms with van der Waals surface area (Å²) in [6.07, 6.45) is 0. The molecule has 1 aliphatic rings. The first kappa shape index (κ1) is 17.4. The lowest BCUT2D eigenvalue weighted by Gasteiger charge is -2.20. The molecular formula is C19H22N2O3S. The van der Waals surface area contributed by atoms with Crippen LogP contribution in [0, 0.1) is 6.92 Å². The zero-order chi connectivity index (χ0) is 17.6. The Morgan fingerprint density at radius 3 is 2.60 bits per heavy atom. The molecule has 1 atom stereocenters. The van der Waals surface area contributed by atoms with Crippen LogP contribution in [0.5, 0.6) is 17.2 Å². The second-order valence-corrected chi connectivity index (χ2v) is 6.39. The highest BCUT2D eigenvalue weighted by atomic mass is 32.1. The van der Waals surface area contributed by atoms with E-state index in [0.29, 0.717) is 24.9 Å². The van der Waals surface area contributed by atoms with E-state index in [1.165, 1.54) is 5.56 Å². The van der Waals surface area contributed by atoms with Crippen molar-refractivity contribution in [2.75, 3.05) is 25.1 Å². The normalized spacial score (nSPS) is 13.7. The van der Waals surface area contributed by atoms with Gasteiger partial charge in [-0.2, -0.15) is 0 Å². The molecule has 0 fully saturated rings. The van der Waals surface area contributed by atoms with Crippen molar-refractivity contribution < 1.29 is 14.2 Å². The van der Waals surface area contributed by atoms with E-state index >= 15 is 0 Å². The van der Waals surface area contributed by atoms with Crippen molar-refractivity contribution in [3.05, 3.63) is 48.0 Å². The number of hydrogen-bond donors (Lipinski definition) is 2. The van der Waals surface area contributed by atoms with Gasteiger partial charge in [-0.1, -0.05) is 17.7 Å². The second-order valence-electron chi connectivity index (χ2n) is 5.98. The lowest BCUT2D eigenvalue weighted by molar-refractivity contribution is 0.171. The molecule has 0 aliphatic carbocycles. The summed E-state index contributed by atoms with van der Waals surface area (Å²) < 4.78 is 16.8. The van der Waals surface area contributed by atoms with Gasteiger partial charge in [-0.05, 0) is 50.3 Å². The van der Waals surface area contributed by atoms with Crippen LogP contribution in [0.4, 0.5) is 5.69 Å². The molecule has 2 aromatic carbocycles. The summed E-state index contributed by atoms with van der Waals surface area (Å²) in [4.78, 5) is 0. The Balaban J connectivity index is 1.47. The van der Waals surface area contributed by atoms with Gasteiger partial charge in [0, 0.05) is 11.8 Å². The number of rotatable bonds is 5. The zero-order valence-electron chi connectivity index (χ0n) is 14.4. The van der Waals surface area contributed by atoms with Gasteiger partial charge < -0.3 is 24.8 Å². The summed E-state index contributed by atoms with van der Waals surface area (Å²) in [5.74, 6) is 2.34. The lowest BCUT2D eigenvalue weighted by Crippen LogP contribution is -2.39. The monoisotopic (exact) mass is 358 g/mol. The first-order valence-corrected chi connectivity index (χ1v) is 8.67. The number of anilines is 1. The van der Waals surface area contributed by atoms with E-state index in [1.54, 1.807) is 0 Å². The number of fused-ring (bicyclic) bond motifs is 1. The Kier molecular flexibility index (Phi) is 5.60.